The molecule has 0 saturated heterocycles. The third-order valence-corrected chi connectivity index (χ3v) is 5.82. The van der Waals surface area contributed by atoms with Gasteiger partial charge in [0.2, 0.25) is 12.2 Å². The third kappa shape index (κ3) is 3.13. The summed E-state index contributed by atoms with van der Waals surface area (Å²) in [5.41, 5.74) is 1.35. The first kappa shape index (κ1) is 14.4. The summed E-state index contributed by atoms with van der Waals surface area (Å²) in [5, 5.41) is 0. The van der Waals surface area contributed by atoms with Gasteiger partial charge in [0, 0.05) is 22.8 Å². The lowest BCUT2D eigenvalue weighted by Crippen LogP contribution is -2.13. The first-order valence-electron chi connectivity index (χ1n) is 5.30. The minimum Gasteiger partial charge on any atom is -0.318 e. The molecule has 1 heterocycles. The first-order chi connectivity index (χ1) is 9.02. The fraction of sp³-hybridized carbons (Fsp3) is 0.0769. The maximum Gasteiger partial charge on any atom is 0.213 e. The molecule has 0 aliphatic rings. The minimum absolute atomic E-state index is 0.0308. The zero-order chi connectivity index (χ0) is 14.0. The van der Waals surface area contributed by atoms with Crippen molar-refractivity contribution in [2.75, 3.05) is 11.9 Å². The van der Waals surface area contributed by atoms with Crippen LogP contribution in [0.1, 0.15) is 15.2 Å². The predicted molar refractivity (Wildman–Crippen MR) is 84.1 cm³/mol. The molecule has 0 N–H and O–H groups in total. The van der Waals surface area contributed by atoms with E-state index in [1.807, 2.05) is 0 Å². The number of hydrogen-bond donors (Lipinski definition) is 0. The number of carbonyl (C=O) groups excluding carboxylic acids is 2. The number of hydrogen-bond acceptors (Lipinski definition) is 3. The number of anilines is 1. The van der Waals surface area contributed by atoms with Crippen molar-refractivity contribution < 1.29 is 9.59 Å². The molecule has 1 aromatic carbocycles. The summed E-state index contributed by atoms with van der Waals surface area (Å²) >= 11 is 8.12. The average molecular weight is 403 g/mol. The molecule has 19 heavy (non-hydrogen) atoms. The van der Waals surface area contributed by atoms with Crippen molar-refractivity contribution in [3.8, 4) is 0 Å². The number of halogens is 2. The van der Waals surface area contributed by atoms with Crippen LogP contribution in [-0.4, -0.2) is 19.2 Å². The Kier molecular flexibility index (Phi) is 4.54. The Balaban J connectivity index is 2.27. The normalized spacial score (nSPS) is 10.3. The van der Waals surface area contributed by atoms with E-state index >= 15 is 0 Å². The maximum atomic E-state index is 12.2. The summed E-state index contributed by atoms with van der Waals surface area (Å²) < 4.78 is 1.77. The SMILES string of the molecule is CN(C=O)c1ccc(C(=O)c2cc(Br)c(Br)s2)cc1. The van der Waals surface area contributed by atoms with Gasteiger partial charge in [0.25, 0.3) is 0 Å². The summed E-state index contributed by atoms with van der Waals surface area (Å²) in [6.07, 6.45) is 0.727. The fourth-order valence-electron chi connectivity index (χ4n) is 1.51. The molecule has 0 saturated carbocycles. The second-order valence-corrected chi connectivity index (χ2v) is 7.05. The molecule has 6 heteroatoms. The fourth-order valence-corrected chi connectivity index (χ4v) is 3.51. The van der Waals surface area contributed by atoms with E-state index in [4.69, 9.17) is 0 Å². The molecule has 0 aliphatic heterocycles. The van der Waals surface area contributed by atoms with Crippen LogP contribution in [-0.2, 0) is 4.79 Å². The Morgan fingerprint density at radius 3 is 2.37 bits per heavy atom. The summed E-state index contributed by atoms with van der Waals surface area (Å²) in [5.74, 6) is -0.0308. The number of rotatable bonds is 4. The summed E-state index contributed by atoms with van der Waals surface area (Å²) in [6.45, 7) is 0. The number of nitrogens with zero attached hydrogens (tertiary/aromatic N) is 1. The van der Waals surface area contributed by atoms with Gasteiger partial charge in [-0.15, -0.1) is 11.3 Å². The van der Waals surface area contributed by atoms with Gasteiger partial charge in [-0.2, -0.15) is 0 Å². The molecule has 0 aliphatic carbocycles. The van der Waals surface area contributed by atoms with Gasteiger partial charge in [0.15, 0.2) is 0 Å². The third-order valence-electron chi connectivity index (χ3n) is 2.56. The molecule has 98 valence electrons. The van der Waals surface area contributed by atoms with Gasteiger partial charge < -0.3 is 4.90 Å². The molecular weight excluding hydrogens is 394 g/mol. The molecule has 2 aromatic rings. The van der Waals surface area contributed by atoms with Gasteiger partial charge >= 0.3 is 0 Å². The Bertz CT molecular complexity index is 603. The average Bonchev–Trinajstić information content (AvgIpc) is 2.77. The van der Waals surface area contributed by atoms with E-state index in [-0.39, 0.29) is 5.78 Å². The number of carbonyl (C=O) groups is 2. The highest BCUT2D eigenvalue weighted by atomic mass is 79.9. The van der Waals surface area contributed by atoms with Crippen molar-refractivity contribution in [2.24, 2.45) is 0 Å². The van der Waals surface area contributed by atoms with E-state index < -0.39 is 0 Å². The van der Waals surface area contributed by atoms with Crippen LogP contribution in [0.5, 0.6) is 0 Å². The largest absolute Gasteiger partial charge is 0.318 e. The molecule has 0 bridgehead atoms. The monoisotopic (exact) mass is 401 g/mol. The quantitative estimate of drug-likeness (QED) is 0.570. The van der Waals surface area contributed by atoms with E-state index in [1.54, 1.807) is 37.4 Å². The van der Waals surface area contributed by atoms with Crippen LogP contribution in [0, 0.1) is 0 Å². The first-order valence-corrected chi connectivity index (χ1v) is 7.71. The van der Waals surface area contributed by atoms with Crippen LogP contribution in [0.15, 0.2) is 38.6 Å². The summed E-state index contributed by atoms with van der Waals surface area (Å²) in [7, 11) is 1.66. The predicted octanol–water partition coefficient (Wildman–Crippen LogP) is 4.10. The second kappa shape index (κ2) is 5.98. The van der Waals surface area contributed by atoms with E-state index in [2.05, 4.69) is 31.9 Å². The maximum absolute atomic E-state index is 12.2. The van der Waals surface area contributed by atoms with E-state index in [0.29, 0.717) is 10.4 Å². The van der Waals surface area contributed by atoms with Crippen LogP contribution in [0.2, 0.25) is 0 Å². The lowest BCUT2D eigenvalue weighted by Gasteiger charge is -2.10. The Morgan fingerprint density at radius 1 is 1.26 bits per heavy atom. The lowest BCUT2D eigenvalue weighted by atomic mass is 10.1. The topological polar surface area (TPSA) is 37.4 Å². The zero-order valence-electron chi connectivity index (χ0n) is 9.89. The van der Waals surface area contributed by atoms with Gasteiger partial charge in [-0.1, -0.05) is 0 Å². The highest BCUT2D eigenvalue weighted by Gasteiger charge is 2.14. The van der Waals surface area contributed by atoms with Gasteiger partial charge in [-0.3, -0.25) is 9.59 Å². The van der Waals surface area contributed by atoms with E-state index in [1.165, 1.54) is 16.2 Å². The van der Waals surface area contributed by atoms with E-state index in [0.717, 1.165) is 20.4 Å². The molecule has 0 atom stereocenters. The van der Waals surface area contributed by atoms with Crippen LogP contribution < -0.4 is 4.90 Å². The van der Waals surface area contributed by atoms with Gasteiger partial charge in [0.05, 0.1) is 8.66 Å². The molecule has 0 radical (unpaired) electrons. The molecule has 0 fully saturated rings. The molecular formula is C13H9Br2NO2S. The van der Waals surface area contributed by atoms with Crippen LogP contribution in [0.4, 0.5) is 5.69 Å². The molecule has 3 nitrogen and oxygen atoms in total. The number of benzene rings is 1. The lowest BCUT2D eigenvalue weighted by molar-refractivity contribution is -0.107. The molecule has 1 amide bonds. The van der Waals surface area contributed by atoms with E-state index in [9.17, 15) is 9.59 Å². The van der Waals surface area contributed by atoms with Crippen molar-refractivity contribution in [3.63, 3.8) is 0 Å². The Hall–Kier alpha value is -0.980. The Morgan fingerprint density at radius 2 is 1.89 bits per heavy atom. The second-order valence-electron chi connectivity index (χ2n) is 3.82. The zero-order valence-corrected chi connectivity index (χ0v) is 13.9. The van der Waals surface area contributed by atoms with Crippen molar-refractivity contribution in [2.45, 2.75) is 0 Å². The number of thiophene rings is 1. The standard InChI is InChI=1S/C13H9Br2NO2S/c1-16(7-17)9-4-2-8(3-5-9)12(18)11-6-10(14)13(15)19-11/h2-7H,1H3. The van der Waals surface area contributed by atoms with Crippen LogP contribution in [0.25, 0.3) is 0 Å². The molecule has 0 unspecified atom stereocenters. The van der Waals surface area contributed by atoms with Gasteiger partial charge in [0.1, 0.15) is 0 Å². The van der Waals surface area contributed by atoms with Gasteiger partial charge in [-0.25, -0.2) is 0 Å². The molecule has 0 spiro atoms. The van der Waals surface area contributed by atoms with Crippen molar-refractivity contribution >= 4 is 61.1 Å². The smallest absolute Gasteiger partial charge is 0.213 e. The highest BCUT2D eigenvalue weighted by Crippen LogP contribution is 2.33. The summed E-state index contributed by atoms with van der Waals surface area (Å²) in [6, 6.07) is 8.74. The van der Waals surface area contributed by atoms with Gasteiger partial charge in [-0.05, 0) is 62.2 Å². The highest BCUT2D eigenvalue weighted by molar-refractivity contribution is 9.13. The van der Waals surface area contributed by atoms with Crippen molar-refractivity contribution in [1.29, 1.82) is 0 Å². The number of ketones is 1. The summed E-state index contributed by atoms with van der Waals surface area (Å²) in [4.78, 5) is 25.0. The van der Waals surface area contributed by atoms with Crippen molar-refractivity contribution in [1.82, 2.24) is 0 Å². The van der Waals surface area contributed by atoms with Crippen molar-refractivity contribution in [3.05, 3.63) is 49.0 Å². The number of amides is 1. The molecule has 1 aromatic heterocycles. The molecule has 2 rings (SSSR count). The van der Waals surface area contributed by atoms with Crippen LogP contribution in [0.3, 0.4) is 0 Å². The minimum atomic E-state index is -0.0308. The van der Waals surface area contributed by atoms with Crippen LogP contribution >= 0.6 is 43.2 Å². The Labute approximate surface area is 131 Å².